The minimum Gasteiger partial charge on any atom is -0.480 e. The van der Waals surface area contributed by atoms with E-state index in [-0.39, 0.29) is 18.4 Å². The molecule has 0 unspecified atom stereocenters. The van der Waals surface area contributed by atoms with E-state index in [1.54, 1.807) is 0 Å². The maximum Gasteiger partial charge on any atom is 0.326 e. The van der Waals surface area contributed by atoms with Crippen LogP contribution < -0.4 is 22.1 Å². The van der Waals surface area contributed by atoms with E-state index in [0.717, 1.165) is 12.8 Å². The topological polar surface area (TPSA) is 168 Å². The van der Waals surface area contributed by atoms with Crippen LogP contribution >= 0.6 is 0 Å². The van der Waals surface area contributed by atoms with Crippen LogP contribution in [0.25, 0.3) is 0 Å². The molecule has 1 saturated heterocycles. The van der Waals surface area contributed by atoms with Crippen LogP contribution in [0.2, 0.25) is 0 Å². The second-order valence-corrected chi connectivity index (χ2v) is 7.88. The van der Waals surface area contributed by atoms with Crippen LogP contribution in [-0.4, -0.2) is 71.5 Å². The molecule has 0 aromatic carbocycles. The summed E-state index contributed by atoms with van der Waals surface area (Å²) in [6.07, 6.45) is 3.39. The van der Waals surface area contributed by atoms with Crippen molar-refractivity contribution in [1.82, 2.24) is 15.5 Å². The molecule has 29 heavy (non-hydrogen) atoms. The van der Waals surface area contributed by atoms with Crippen LogP contribution in [0.5, 0.6) is 0 Å². The highest BCUT2D eigenvalue weighted by molar-refractivity contribution is 5.92. The first-order chi connectivity index (χ1) is 13.7. The van der Waals surface area contributed by atoms with Gasteiger partial charge in [0, 0.05) is 6.54 Å². The van der Waals surface area contributed by atoms with Crippen LogP contribution in [0.1, 0.15) is 52.4 Å². The fraction of sp³-hybridized carbons (Fsp3) is 0.789. The van der Waals surface area contributed by atoms with Gasteiger partial charge in [0.05, 0.1) is 12.6 Å². The van der Waals surface area contributed by atoms with Crippen molar-refractivity contribution in [3.05, 3.63) is 0 Å². The lowest BCUT2D eigenvalue weighted by Gasteiger charge is -2.26. The lowest BCUT2D eigenvalue weighted by Crippen LogP contribution is -2.53. The average molecular weight is 414 g/mol. The number of nitrogens with zero attached hydrogens (tertiary/aromatic N) is 1. The second-order valence-electron chi connectivity index (χ2n) is 7.88. The summed E-state index contributed by atoms with van der Waals surface area (Å²) in [7, 11) is 0. The van der Waals surface area contributed by atoms with Crippen LogP contribution in [0.3, 0.4) is 0 Å². The number of nitrogens with two attached hydrogens (primary N) is 2. The van der Waals surface area contributed by atoms with Crippen molar-refractivity contribution in [2.24, 2.45) is 17.4 Å². The summed E-state index contributed by atoms with van der Waals surface area (Å²) in [5.41, 5.74) is 11.2. The van der Waals surface area contributed by atoms with Crippen LogP contribution in [0.15, 0.2) is 0 Å². The number of hydrogen-bond donors (Lipinski definition) is 5. The molecule has 0 aromatic rings. The van der Waals surface area contributed by atoms with Gasteiger partial charge in [0.25, 0.3) is 0 Å². The largest absolute Gasteiger partial charge is 0.480 e. The van der Waals surface area contributed by atoms with Crippen molar-refractivity contribution in [2.45, 2.75) is 70.5 Å². The summed E-state index contributed by atoms with van der Waals surface area (Å²) >= 11 is 0. The molecule has 166 valence electrons. The van der Waals surface area contributed by atoms with Crippen molar-refractivity contribution in [3.63, 3.8) is 0 Å². The maximum atomic E-state index is 12.6. The Balaban J connectivity index is 2.57. The molecule has 10 heteroatoms. The summed E-state index contributed by atoms with van der Waals surface area (Å²) in [6, 6.07) is -2.43. The van der Waals surface area contributed by atoms with E-state index in [1.165, 1.54) is 4.90 Å². The Morgan fingerprint density at radius 3 is 2.48 bits per heavy atom. The fourth-order valence-corrected chi connectivity index (χ4v) is 3.33. The minimum atomic E-state index is -1.10. The molecular weight excluding hydrogens is 378 g/mol. The molecule has 1 aliphatic heterocycles. The van der Waals surface area contributed by atoms with Crippen molar-refractivity contribution in [3.8, 4) is 0 Å². The zero-order chi connectivity index (χ0) is 22.0. The third-order valence-electron chi connectivity index (χ3n) is 4.92. The smallest absolute Gasteiger partial charge is 0.326 e. The Morgan fingerprint density at radius 2 is 1.90 bits per heavy atom. The number of likely N-dealkylation sites (tertiary alicyclic amines) is 1. The SMILES string of the molecule is CC(C)C[C@H](NC(=O)[C@@H]1CCCN1C(=O)CNC(=O)[C@@H](N)CCCCN)C(=O)O. The van der Waals surface area contributed by atoms with Gasteiger partial charge in [-0.3, -0.25) is 14.4 Å². The fourth-order valence-electron chi connectivity index (χ4n) is 3.33. The summed E-state index contributed by atoms with van der Waals surface area (Å²) in [5.74, 6) is -2.28. The summed E-state index contributed by atoms with van der Waals surface area (Å²) in [5, 5.41) is 14.4. The van der Waals surface area contributed by atoms with E-state index in [1.807, 2.05) is 13.8 Å². The highest BCUT2D eigenvalue weighted by atomic mass is 16.4. The lowest BCUT2D eigenvalue weighted by atomic mass is 10.0. The molecule has 1 heterocycles. The number of nitrogens with one attached hydrogen (secondary N) is 2. The van der Waals surface area contributed by atoms with Gasteiger partial charge in [-0.25, -0.2) is 4.79 Å². The van der Waals surface area contributed by atoms with Gasteiger partial charge in [-0.05, 0) is 44.6 Å². The average Bonchev–Trinajstić information content (AvgIpc) is 3.14. The predicted octanol–water partition coefficient (Wildman–Crippen LogP) is -0.835. The van der Waals surface area contributed by atoms with Gasteiger partial charge in [-0.15, -0.1) is 0 Å². The van der Waals surface area contributed by atoms with E-state index >= 15 is 0 Å². The molecule has 3 amide bonds. The third-order valence-corrected chi connectivity index (χ3v) is 4.92. The Bertz CT molecular complexity index is 583. The molecule has 0 bridgehead atoms. The highest BCUT2D eigenvalue weighted by Crippen LogP contribution is 2.18. The van der Waals surface area contributed by atoms with E-state index in [0.29, 0.717) is 38.8 Å². The minimum absolute atomic E-state index is 0.0991. The lowest BCUT2D eigenvalue weighted by molar-refractivity contribution is -0.144. The maximum absolute atomic E-state index is 12.6. The van der Waals surface area contributed by atoms with E-state index in [2.05, 4.69) is 10.6 Å². The van der Waals surface area contributed by atoms with E-state index in [4.69, 9.17) is 11.5 Å². The van der Waals surface area contributed by atoms with E-state index < -0.39 is 35.9 Å². The number of rotatable bonds is 12. The quantitative estimate of drug-likeness (QED) is 0.260. The van der Waals surface area contributed by atoms with Gasteiger partial charge < -0.3 is 32.1 Å². The van der Waals surface area contributed by atoms with Gasteiger partial charge in [0.1, 0.15) is 12.1 Å². The Morgan fingerprint density at radius 1 is 1.21 bits per heavy atom. The van der Waals surface area contributed by atoms with Gasteiger partial charge in [0.15, 0.2) is 0 Å². The number of carbonyl (C=O) groups excluding carboxylic acids is 3. The zero-order valence-electron chi connectivity index (χ0n) is 17.4. The Hall–Kier alpha value is -2.20. The number of carboxylic acid groups (broad SMARTS) is 1. The summed E-state index contributed by atoms with van der Waals surface area (Å²) in [6.45, 7) is 4.41. The van der Waals surface area contributed by atoms with Gasteiger partial charge in [0.2, 0.25) is 17.7 Å². The molecular formula is C19H35N5O5. The van der Waals surface area contributed by atoms with Gasteiger partial charge in [-0.1, -0.05) is 20.3 Å². The molecule has 7 N–H and O–H groups in total. The molecule has 1 aliphatic rings. The molecule has 1 rings (SSSR count). The molecule has 0 aromatic heterocycles. The number of carbonyl (C=O) groups is 4. The molecule has 0 aliphatic carbocycles. The Labute approximate surface area is 171 Å². The molecule has 0 spiro atoms. The Kier molecular flexibility index (Phi) is 10.6. The standard InChI is InChI=1S/C19H35N5O5/c1-12(2)10-14(19(28)29)23-18(27)15-7-5-9-24(15)16(25)11-22-17(26)13(21)6-3-4-8-20/h12-15H,3-11,20-21H2,1-2H3,(H,22,26)(H,23,27)(H,28,29)/t13-,14-,15-/m0/s1. The number of hydrogen-bond acceptors (Lipinski definition) is 6. The van der Waals surface area contributed by atoms with Gasteiger partial charge >= 0.3 is 5.97 Å². The van der Waals surface area contributed by atoms with Gasteiger partial charge in [-0.2, -0.15) is 0 Å². The second kappa shape index (κ2) is 12.4. The van der Waals surface area contributed by atoms with Crippen molar-refractivity contribution in [2.75, 3.05) is 19.6 Å². The monoisotopic (exact) mass is 413 g/mol. The number of aliphatic carboxylic acids is 1. The molecule has 0 saturated carbocycles. The summed E-state index contributed by atoms with van der Waals surface area (Å²) in [4.78, 5) is 49.8. The number of carboxylic acids is 1. The highest BCUT2D eigenvalue weighted by Gasteiger charge is 2.36. The molecule has 0 radical (unpaired) electrons. The van der Waals surface area contributed by atoms with Crippen LogP contribution in [-0.2, 0) is 19.2 Å². The first-order valence-electron chi connectivity index (χ1n) is 10.2. The van der Waals surface area contributed by atoms with Crippen LogP contribution in [0, 0.1) is 5.92 Å². The van der Waals surface area contributed by atoms with Crippen molar-refractivity contribution in [1.29, 1.82) is 0 Å². The van der Waals surface area contributed by atoms with E-state index in [9.17, 15) is 24.3 Å². The molecule has 3 atom stereocenters. The normalized spacial score (nSPS) is 18.4. The predicted molar refractivity (Wildman–Crippen MR) is 108 cm³/mol. The third kappa shape index (κ3) is 8.36. The van der Waals surface area contributed by atoms with Crippen molar-refractivity contribution < 1.29 is 24.3 Å². The summed E-state index contributed by atoms with van der Waals surface area (Å²) < 4.78 is 0. The number of amides is 3. The number of unbranched alkanes of at least 4 members (excludes halogenated alkanes) is 1. The molecule has 1 fully saturated rings. The first kappa shape index (κ1) is 24.8. The molecule has 10 nitrogen and oxygen atoms in total. The first-order valence-corrected chi connectivity index (χ1v) is 10.2. The van der Waals surface area contributed by atoms with Crippen LogP contribution in [0.4, 0.5) is 0 Å². The van der Waals surface area contributed by atoms with Crippen molar-refractivity contribution >= 4 is 23.7 Å². The zero-order valence-corrected chi connectivity index (χ0v) is 17.4.